The maximum Gasteiger partial charge on any atom is 0.136 e. The lowest BCUT2D eigenvalue weighted by Gasteiger charge is -2.36. The van der Waals surface area contributed by atoms with Crippen LogP contribution in [0.1, 0.15) is 19.4 Å². The van der Waals surface area contributed by atoms with Crippen LogP contribution in [0.15, 0.2) is 72.8 Å². The van der Waals surface area contributed by atoms with Gasteiger partial charge in [0.1, 0.15) is 11.4 Å². The third kappa shape index (κ3) is 1.75. The van der Waals surface area contributed by atoms with Crippen molar-refractivity contribution >= 4 is 21.5 Å². The van der Waals surface area contributed by atoms with Gasteiger partial charge in [0.15, 0.2) is 0 Å². The van der Waals surface area contributed by atoms with Gasteiger partial charge in [-0.1, -0.05) is 66.7 Å². The average Bonchev–Trinajstić information content (AvgIpc) is 2.61. The molecule has 0 N–H and O–H groups in total. The molecule has 0 radical (unpaired) electrons. The van der Waals surface area contributed by atoms with E-state index in [0.717, 1.165) is 5.75 Å². The molecule has 0 saturated heterocycles. The molecular formula is C23H18O. The van der Waals surface area contributed by atoms with E-state index < -0.39 is 0 Å². The largest absolute Gasteiger partial charge is 0.482 e. The van der Waals surface area contributed by atoms with Crippen molar-refractivity contribution in [3.05, 3.63) is 78.4 Å². The second kappa shape index (κ2) is 4.61. The summed E-state index contributed by atoms with van der Waals surface area (Å²) in [5, 5.41) is 4.97. The Morgan fingerprint density at radius 2 is 1.29 bits per heavy atom. The van der Waals surface area contributed by atoms with Crippen molar-refractivity contribution in [1.82, 2.24) is 0 Å². The van der Waals surface area contributed by atoms with Crippen LogP contribution in [-0.2, 0) is 5.60 Å². The molecule has 116 valence electrons. The monoisotopic (exact) mass is 310 g/mol. The number of benzene rings is 4. The van der Waals surface area contributed by atoms with Crippen molar-refractivity contribution in [2.24, 2.45) is 0 Å². The van der Waals surface area contributed by atoms with E-state index in [2.05, 4.69) is 86.6 Å². The molecule has 0 aromatic heterocycles. The van der Waals surface area contributed by atoms with E-state index in [1.807, 2.05) is 0 Å². The van der Waals surface area contributed by atoms with E-state index in [4.69, 9.17) is 4.74 Å². The summed E-state index contributed by atoms with van der Waals surface area (Å²) in [4.78, 5) is 0. The predicted octanol–water partition coefficient (Wildman–Crippen LogP) is 6.29. The van der Waals surface area contributed by atoms with E-state index >= 15 is 0 Å². The lowest BCUT2D eigenvalue weighted by molar-refractivity contribution is 0.108. The molecule has 0 spiro atoms. The Morgan fingerprint density at radius 1 is 0.667 bits per heavy atom. The Labute approximate surface area is 141 Å². The van der Waals surface area contributed by atoms with Gasteiger partial charge in [-0.25, -0.2) is 0 Å². The Morgan fingerprint density at radius 3 is 2.08 bits per heavy atom. The van der Waals surface area contributed by atoms with Crippen LogP contribution in [0, 0.1) is 0 Å². The Kier molecular flexibility index (Phi) is 2.62. The highest BCUT2D eigenvalue weighted by atomic mass is 16.5. The summed E-state index contributed by atoms with van der Waals surface area (Å²) in [5.41, 5.74) is 3.41. The van der Waals surface area contributed by atoms with Crippen molar-refractivity contribution in [2.75, 3.05) is 0 Å². The zero-order chi connectivity index (χ0) is 16.3. The molecular weight excluding hydrogens is 292 g/mol. The summed E-state index contributed by atoms with van der Waals surface area (Å²) < 4.78 is 6.51. The first-order chi connectivity index (χ1) is 11.6. The van der Waals surface area contributed by atoms with E-state index in [-0.39, 0.29) is 5.60 Å². The number of hydrogen-bond donors (Lipinski definition) is 0. The first-order valence-corrected chi connectivity index (χ1v) is 8.38. The van der Waals surface area contributed by atoms with Gasteiger partial charge < -0.3 is 4.74 Å². The van der Waals surface area contributed by atoms with Crippen LogP contribution in [0.3, 0.4) is 0 Å². The lowest BCUT2D eigenvalue weighted by atomic mass is 9.82. The molecule has 1 heteroatoms. The molecule has 0 atom stereocenters. The van der Waals surface area contributed by atoms with Crippen molar-refractivity contribution in [1.29, 1.82) is 0 Å². The average molecular weight is 310 g/mol. The molecule has 1 aliphatic rings. The Hall–Kier alpha value is -2.80. The quantitative estimate of drug-likeness (QED) is 0.371. The van der Waals surface area contributed by atoms with Crippen LogP contribution in [0.4, 0.5) is 0 Å². The maximum atomic E-state index is 6.51. The summed E-state index contributed by atoms with van der Waals surface area (Å²) in [6, 6.07) is 25.9. The molecule has 1 heterocycles. The SMILES string of the molecule is CC1(C)Oc2c(ccc3ccccc23)-c2c1ccc1ccccc21. The molecule has 0 amide bonds. The van der Waals surface area contributed by atoms with Gasteiger partial charge in [0.2, 0.25) is 0 Å². The summed E-state index contributed by atoms with van der Waals surface area (Å²) in [7, 11) is 0. The number of hydrogen-bond acceptors (Lipinski definition) is 1. The van der Waals surface area contributed by atoms with Crippen molar-refractivity contribution in [2.45, 2.75) is 19.4 Å². The summed E-state index contributed by atoms with van der Waals surface area (Å²) in [6.45, 7) is 4.32. The zero-order valence-electron chi connectivity index (χ0n) is 13.8. The highest BCUT2D eigenvalue weighted by Gasteiger charge is 2.34. The predicted molar refractivity (Wildman–Crippen MR) is 101 cm³/mol. The fourth-order valence-electron chi connectivity index (χ4n) is 3.92. The first kappa shape index (κ1) is 13.6. The van der Waals surface area contributed by atoms with Crippen LogP contribution in [-0.4, -0.2) is 0 Å². The second-order valence-corrected chi connectivity index (χ2v) is 6.99. The van der Waals surface area contributed by atoms with Crippen molar-refractivity contribution < 1.29 is 4.74 Å². The van der Waals surface area contributed by atoms with Gasteiger partial charge in [-0.15, -0.1) is 0 Å². The normalized spacial score (nSPS) is 14.9. The molecule has 4 aromatic rings. The Bertz CT molecular complexity index is 1110. The van der Waals surface area contributed by atoms with E-state index in [0.29, 0.717) is 0 Å². The van der Waals surface area contributed by atoms with Crippen LogP contribution >= 0.6 is 0 Å². The van der Waals surface area contributed by atoms with E-state index in [1.165, 1.54) is 38.2 Å². The van der Waals surface area contributed by atoms with E-state index in [9.17, 15) is 0 Å². The van der Waals surface area contributed by atoms with Crippen molar-refractivity contribution in [3.63, 3.8) is 0 Å². The minimum Gasteiger partial charge on any atom is -0.482 e. The molecule has 1 aliphatic heterocycles. The molecule has 1 nitrogen and oxygen atoms in total. The molecule has 0 fully saturated rings. The second-order valence-electron chi connectivity index (χ2n) is 6.99. The topological polar surface area (TPSA) is 9.23 Å². The fraction of sp³-hybridized carbons (Fsp3) is 0.130. The molecule has 0 saturated carbocycles. The molecule has 24 heavy (non-hydrogen) atoms. The fourth-order valence-corrected chi connectivity index (χ4v) is 3.92. The summed E-state index contributed by atoms with van der Waals surface area (Å²) in [6.07, 6.45) is 0. The summed E-state index contributed by atoms with van der Waals surface area (Å²) >= 11 is 0. The number of rotatable bonds is 0. The van der Waals surface area contributed by atoms with Crippen LogP contribution in [0.2, 0.25) is 0 Å². The van der Waals surface area contributed by atoms with Gasteiger partial charge in [-0.3, -0.25) is 0 Å². The molecule has 4 aromatic carbocycles. The number of fused-ring (bicyclic) bond motifs is 7. The molecule has 0 bridgehead atoms. The minimum atomic E-state index is -0.351. The van der Waals surface area contributed by atoms with Gasteiger partial charge in [-0.2, -0.15) is 0 Å². The van der Waals surface area contributed by atoms with Crippen LogP contribution in [0.5, 0.6) is 5.75 Å². The summed E-state index contributed by atoms with van der Waals surface area (Å²) in [5.74, 6) is 1.00. The van der Waals surface area contributed by atoms with E-state index in [1.54, 1.807) is 0 Å². The highest BCUT2D eigenvalue weighted by molar-refractivity contribution is 6.05. The number of ether oxygens (including phenoxy) is 1. The van der Waals surface area contributed by atoms with Gasteiger partial charge >= 0.3 is 0 Å². The van der Waals surface area contributed by atoms with Crippen molar-refractivity contribution in [3.8, 4) is 16.9 Å². The zero-order valence-corrected chi connectivity index (χ0v) is 13.8. The van der Waals surface area contributed by atoms with Gasteiger partial charge in [0.05, 0.1) is 0 Å². The van der Waals surface area contributed by atoms with Crippen LogP contribution < -0.4 is 4.74 Å². The molecule has 0 unspecified atom stereocenters. The Balaban J connectivity index is 1.98. The lowest BCUT2D eigenvalue weighted by Crippen LogP contribution is -2.29. The standard InChI is InChI=1S/C23H18O/c1-23(2)20-14-12-15-7-3-5-9-17(15)21(20)19-13-11-16-8-4-6-10-18(16)22(19)24-23/h3-14H,1-2H3. The van der Waals surface area contributed by atoms with Gasteiger partial charge in [0.25, 0.3) is 0 Å². The molecule has 0 aliphatic carbocycles. The minimum absolute atomic E-state index is 0.351. The highest BCUT2D eigenvalue weighted by Crippen LogP contribution is 2.50. The smallest absolute Gasteiger partial charge is 0.136 e. The van der Waals surface area contributed by atoms with Gasteiger partial charge in [-0.05, 0) is 36.1 Å². The first-order valence-electron chi connectivity index (χ1n) is 8.38. The third-order valence-electron chi connectivity index (χ3n) is 5.08. The van der Waals surface area contributed by atoms with Gasteiger partial charge in [0, 0.05) is 22.1 Å². The third-order valence-corrected chi connectivity index (χ3v) is 5.08. The maximum absolute atomic E-state index is 6.51. The molecule has 5 rings (SSSR count). The van der Waals surface area contributed by atoms with Crippen LogP contribution in [0.25, 0.3) is 32.7 Å².